The van der Waals surface area contributed by atoms with Crippen LogP contribution in [0.5, 0.6) is 17.2 Å². The molecule has 2 aromatic carbocycles. The SMILES string of the molecule is CCC1(c2ccc3c(c2)OCCO3)NC(=O)N(CCCCOc2ccc(C(O)(C(F)(F)F)C(F)(F)F)cc2C)C1=O. The second-order valence-corrected chi connectivity index (χ2v) is 9.75. The van der Waals surface area contributed by atoms with Crippen LogP contribution >= 0.6 is 0 Å². The maximum atomic E-state index is 13.4. The molecule has 14 heteroatoms. The molecule has 8 nitrogen and oxygen atoms in total. The molecule has 0 bridgehead atoms. The number of amides is 3. The van der Waals surface area contributed by atoms with Crippen molar-refractivity contribution in [1.82, 2.24) is 10.2 Å². The lowest BCUT2D eigenvalue weighted by Gasteiger charge is -2.33. The van der Waals surface area contributed by atoms with Gasteiger partial charge in [-0.1, -0.05) is 19.1 Å². The number of alkyl halides is 6. The lowest BCUT2D eigenvalue weighted by atomic mass is 9.87. The van der Waals surface area contributed by atoms with Crippen molar-refractivity contribution in [3.63, 3.8) is 0 Å². The second-order valence-electron chi connectivity index (χ2n) is 9.75. The fraction of sp³-hybridized carbons (Fsp3) is 0.481. The van der Waals surface area contributed by atoms with E-state index in [1.54, 1.807) is 25.1 Å². The van der Waals surface area contributed by atoms with Crippen LogP contribution in [0, 0.1) is 6.92 Å². The second kappa shape index (κ2) is 11.0. The number of aryl methyl sites for hydroxylation is 1. The first-order valence-corrected chi connectivity index (χ1v) is 12.8. The number of aliphatic hydroxyl groups is 1. The van der Waals surface area contributed by atoms with E-state index in [4.69, 9.17) is 14.2 Å². The molecule has 0 saturated carbocycles. The molecular formula is C27H28F6N2O6. The normalized spacial score (nSPS) is 19.4. The molecule has 0 spiro atoms. The molecule has 0 radical (unpaired) electrons. The van der Waals surface area contributed by atoms with E-state index in [9.17, 15) is 41.0 Å². The molecule has 1 atom stereocenters. The summed E-state index contributed by atoms with van der Waals surface area (Å²) in [5.74, 6) is 0.611. The Morgan fingerprint density at radius 3 is 2.24 bits per heavy atom. The highest BCUT2D eigenvalue weighted by atomic mass is 19.4. The third-order valence-corrected chi connectivity index (χ3v) is 7.19. The van der Waals surface area contributed by atoms with E-state index in [0.717, 1.165) is 11.0 Å². The van der Waals surface area contributed by atoms with Gasteiger partial charge in [0.1, 0.15) is 24.5 Å². The van der Waals surface area contributed by atoms with E-state index in [-0.39, 0.29) is 30.9 Å². The van der Waals surface area contributed by atoms with Crippen molar-refractivity contribution in [2.75, 3.05) is 26.4 Å². The van der Waals surface area contributed by atoms with Crippen LogP contribution < -0.4 is 19.5 Å². The number of fused-ring (bicyclic) bond motifs is 1. The molecule has 0 aliphatic carbocycles. The number of ether oxygens (including phenoxy) is 3. The number of hydrogen-bond donors (Lipinski definition) is 2. The van der Waals surface area contributed by atoms with E-state index in [1.807, 2.05) is 0 Å². The van der Waals surface area contributed by atoms with Gasteiger partial charge >= 0.3 is 18.4 Å². The Morgan fingerprint density at radius 2 is 1.63 bits per heavy atom. The predicted molar refractivity (Wildman–Crippen MR) is 132 cm³/mol. The van der Waals surface area contributed by atoms with E-state index < -0.39 is 41.0 Å². The van der Waals surface area contributed by atoms with Crippen molar-refractivity contribution in [3.05, 3.63) is 53.1 Å². The van der Waals surface area contributed by atoms with E-state index in [0.29, 0.717) is 55.3 Å². The summed E-state index contributed by atoms with van der Waals surface area (Å²) in [5.41, 5.74) is -7.18. The molecule has 3 amide bonds. The average molecular weight is 591 g/mol. The standard InChI is InChI=1S/C27H28F6N2O6/c1-3-24(17-6-9-20-21(15-17)41-13-12-40-20)22(36)35(23(37)34-24)10-4-5-11-39-19-8-7-18(14-16(19)2)25(38,26(28,29)30)27(31,32)33/h6-9,14-15,38H,3-5,10-13H2,1-2H3,(H,34,37). The number of nitrogens with zero attached hydrogens (tertiary/aromatic N) is 1. The number of hydrogen-bond acceptors (Lipinski definition) is 6. The van der Waals surface area contributed by atoms with Crippen LogP contribution in [0.25, 0.3) is 0 Å². The van der Waals surface area contributed by atoms with E-state index >= 15 is 0 Å². The van der Waals surface area contributed by atoms with E-state index in [1.165, 1.54) is 6.92 Å². The summed E-state index contributed by atoms with van der Waals surface area (Å²) in [6.07, 6.45) is -11.1. The molecule has 1 saturated heterocycles. The number of carbonyl (C=O) groups is 2. The monoisotopic (exact) mass is 590 g/mol. The molecule has 4 rings (SSSR count). The van der Waals surface area contributed by atoms with Gasteiger partial charge in [-0.2, -0.15) is 26.3 Å². The minimum Gasteiger partial charge on any atom is -0.493 e. The Kier molecular flexibility index (Phi) is 8.09. The van der Waals surface area contributed by atoms with Crippen LogP contribution in [-0.4, -0.2) is 60.7 Å². The van der Waals surface area contributed by atoms with Gasteiger partial charge in [0.15, 0.2) is 11.5 Å². The number of imide groups is 1. The Balaban J connectivity index is 1.36. The Bertz CT molecular complexity index is 1300. The maximum Gasteiger partial charge on any atom is 0.430 e. The average Bonchev–Trinajstić information content (AvgIpc) is 3.16. The lowest BCUT2D eigenvalue weighted by molar-refractivity contribution is -0.376. The highest BCUT2D eigenvalue weighted by molar-refractivity contribution is 6.07. The zero-order valence-corrected chi connectivity index (χ0v) is 22.1. The Hall–Kier alpha value is -3.68. The predicted octanol–water partition coefficient (Wildman–Crippen LogP) is 5.09. The maximum absolute atomic E-state index is 13.4. The van der Waals surface area contributed by atoms with Gasteiger partial charge in [-0.3, -0.25) is 9.69 Å². The van der Waals surface area contributed by atoms with Gasteiger partial charge in [0.25, 0.3) is 11.5 Å². The van der Waals surface area contributed by atoms with Crippen molar-refractivity contribution < 1.29 is 55.2 Å². The van der Waals surface area contributed by atoms with Gasteiger partial charge in [0.2, 0.25) is 0 Å². The first-order chi connectivity index (χ1) is 19.2. The summed E-state index contributed by atoms with van der Waals surface area (Å²) in [6, 6.07) is 6.50. The highest BCUT2D eigenvalue weighted by Crippen LogP contribution is 2.50. The molecular weight excluding hydrogens is 562 g/mol. The molecule has 41 heavy (non-hydrogen) atoms. The van der Waals surface area contributed by atoms with Crippen LogP contribution in [0.2, 0.25) is 0 Å². The molecule has 2 aliphatic rings. The summed E-state index contributed by atoms with van der Waals surface area (Å²) < 4.78 is 95.6. The Labute approximate surface area is 231 Å². The minimum absolute atomic E-state index is 0.00767. The molecule has 1 fully saturated rings. The number of benzene rings is 2. The summed E-state index contributed by atoms with van der Waals surface area (Å²) in [4.78, 5) is 27.2. The molecule has 1 unspecified atom stereocenters. The summed E-state index contributed by atoms with van der Waals surface area (Å²) in [5, 5.41) is 12.4. The zero-order chi connectivity index (χ0) is 30.2. The molecule has 2 aromatic rings. The van der Waals surface area contributed by atoms with Crippen LogP contribution in [0.1, 0.15) is 42.9 Å². The third kappa shape index (κ3) is 5.36. The van der Waals surface area contributed by atoms with Gasteiger partial charge < -0.3 is 24.6 Å². The smallest absolute Gasteiger partial charge is 0.430 e. The number of nitrogens with one attached hydrogen (secondary N) is 1. The molecule has 0 aromatic heterocycles. The van der Waals surface area contributed by atoms with Crippen molar-refractivity contribution in [1.29, 1.82) is 0 Å². The quantitative estimate of drug-likeness (QED) is 0.240. The van der Waals surface area contributed by atoms with Gasteiger partial charge in [0, 0.05) is 12.1 Å². The van der Waals surface area contributed by atoms with Crippen molar-refractivity contribution in [3.8, 4) is 17.2 Å². The number of urea groups is 1. The zero-order valence-electron chi connectivity index (χ0n) is 22.1. The number of carbonyl (C=O) groups excluding carboxylic acids is 2. The first kappa shape index (κ1) is 30.3. The number of halogens is 6. The summed E-state index contributed by atoms with van der Waals surface area (Å²) in [7, 11) is 0. The van der Waals surface area contributed by atoms with Crippen molar-refractivity contribution in [2.24, 2.45) is 0 Å². The number of rotatable bonds is 9. The van der Waals surface area contributed by atoms with Crippen LogP contribution in [0.3, 0.4) is 0 Å². The summed E-state index contributed by atoms with van der Waals surface area (Å²) >= 11 is 0. The van der Waals surface area contributed by atoms with Crippen molar-refractivity contribution >= 4 is 11.9 Å². The molecule has 2 heterocycles. The highest BCUT2D eigenvalue weighted by Gasteiger charge is 2.71. The summed E-state index contributed by atoms with van der Waals surface area (Å²) in [6.45, 7) is 3.85. The van der Waals surface area contributed by atoms with Gasteiger partial charge in [-0.25, -0.2) is 4.79 Å². The molecule has 2 N–H and O–H groups in total. The van der Waals surface area contributed by atoms with Gasteiger partial charge in [0.05, 0.1) is 6.61 Å². The minimum atomic E-state index is -5.99. The van der Waals surface area contributed by atoms with Crippen LogP contribution in [0.15, 0.2) is 36.4 Å². The largest absolute Gasteiger partial charge is 0.493 e. The molecule has 224 valence electrons. The lowest BCUT2D eigenvalue weighted by Crippen LogP contribution is -2.53. The van der Waals surface area contributed by atoms with Gasteiger partial charge in [-0.05, 0) is 61.6 Å². The van der Waals surface area contributed by atoms with Crippen molar-refractivity contribution in [2.45, 2.75) is 56.6 Å². The topological polar surface area (TPSA) is 97.3 Å². The van der Waals surface area contributed by atoms with Crippen LogP contribution in [0.4, 0.5) is 31.1 Å². The van der Waals surface area contributed by atoms with Gasteiger partial charge in [-0.15, -0.1) is 0 Å². The third-order valence-electron chi connectivity index (χ3n) is 7.19. The molecule has 2 aliphatic heterocycles. The fourth-order valence-corrected chi connectivity index (χ4v) is 4.86. The Morgan fingerprint density at radius 1 is 0.976 bits per heavy atom. The van der Waals surface area contributed by atoms with Crippen LogP contribution in [-0.2, 0) is 15.9 Å². The fourth-order valence-electron chi connectivity index (χ4n) is 4.86. The number of unbranched alkanes of at least 4 members (excludes halogenated alkanes) is 1. The van der Waals surface area contributed by atoms with E-state index in [2.05, 4.69) is 5.32 Å². The first-order valence-electron chi connectivity index (χ1n) is 12.8.